The number of carbonyl (C=O) groups excluding carboxylic acids is 1. The SMILES string of the molecule is CC.CCN(C=NC)C(=O)NCCN1CCc2ccccc2C1. The van der Waals surface area contributed by atoms with Crippen LogP contribution in [0.3, 0.4) is 0 Å². The van der Waals surface area contributed by atoms with E-state index in [1.54, 1.807) is 18.3 Å². The van der Waals surface area contributed by atoms with E-state index in [9.17, 15) is 4.79 Å². The Bertz CT molecular complexity index is 502. The maximum absolute atomic E-state index is 11.9. The fraction of sp³-hybridized carbons (Fsp3) is 0.556. The second kappa shape index (κ2) is 10.8. The molecule has 23 heavy (non-hydrogen) atoms. The summed E-state index contributed by atoms with van der Waals surface area (Å²) in [7, 11) is 1.67. The summed E-state index contributed by atoms with van der Waals surface area (Å²) < 4.78 is 0. The second-order valence-electron chi connectivity index (χ2n) is 5.19. The van der Waals surface area contributed by atoms with Crippen molar-refractivity contribution in [3.8, 4) is 0 Å². The minimum Gasteiger partial charge on any atom is -0.336 e. The van der Waals surface area contributed by atoms with Gasteiger partial charge in [0.1, 0.15) is 0 Å². The van der Waals surface area contributed by atoms with Crippen LogP contribution in [0.25, 0.3) is 0 Å². The van der Waals surface area contributed by atoms with Gasteiger partial charge in [-0.3, -0.25) is 14.8 Å². The molecule has 1 heterocycles. The Kier molecular flexibility index (Phi) is 8.98. The van der Waals surface area contributed by atoms with Gasteiger partial charge in [-0.25, -0.2) is 4.79 Å². The molecule has 0 atom stereocenters. The van der Waals surface area contributed by atoms with Crippen molar-refractivity contribution in [3.05, 3.63) is 35.4 Å². The quantitative estimate of drug-likeness (QED) is 0.670. The molecule has 5 heteroatoms. The van der Waals surface area contributed by atoms with Crippen LogP contribution in [0.1, 0.15) is 31.9 Å². The fourth-order valence-corrected chi connectivity index (χ4v) is 2.58. The molecule has 0 unspecified atom stereocenters. The molecule has 0 spiro atoms. The normalized spacial score (nSPS) is 13.9. The highest BCUT2D eigenvalue weighted by molar-refractivity contribution is 5.86. The topological polar surface area (TPSA) is 47.9 Å². The van der Waals surface area contributed by atoms with E-state index in [4.69, 9.17) is 0 Å². The lowest BCUT2D eigenvalue weighted by atomic mass is 10.00. The van der Waals surface area contributed by atoms with Crippen LogP contribution in [0, 0.1) is 0 Å². The van der Waals surface area contributed by atoms with Crippen LogP contribution in [-0.4, -0.2) is 55.4 Å². The number of hydrogen-bond acceptors (Lipinski definition) is 3. The molecule has 2 amide bonds. The molecule has 5 nitrogen and oxygen atoms in total. The smallest absolute Gasteiger partial charge is 0.322 e. The predicted molar refractivity (Wildman–Crippen MR) is 97.0 cm³/mol. The lowest BCUT2D eigenvalue weighted by molar-refractivity contribution is 0.216. The molecule has 0 aromatic heterocycles. The zero-order valence-corrected chi connectivity index (χ0v) is 14.9. The fourth-order valence-electron chi connectivity index (χ4n) is 2.58. The van der Waals surface area contributed by atoms with Crippen LogP contribution in [0.15, 0.2) is 29.3 Å². The van der Waals surface area contributed by atoms with Gasteiger partial charge in [0.15, 0.2) is 0 Å². The monoisotopic (exact) mass is 318 g/mol. The highest BCUT2D eigenvalue weighted by Crippen LogP contribution is 2.17. The van der Waals surface area contributed by atoms with Gasteiger partial charge in [0.2, 0.25) is 0 Å². The van der Waals surface area contributed by atoms with Gasteiger partial charge in [-0.05, 0) is 24.5 Å². The van der Waals surface area contributed by atoms with Crippen molar-refractivity contribution in [2.45, 2.75) is 33.7 Å². The molecule has 1 aromatic carbocycles. The Morgan fingerprint density at radius 1 is 1.35 bits per heavy atom. The number of urea groups is 1. The largest absolute Gasteiger partial charge is 0.336 e. The van der Waals surface area contributed by atoms with Crippen molar-refractivity contribution in [1.82, 2.24) is 15.1 Å². The van der Waals surface area contributed by atoms with Gasteiger partial charge < -0.3 is 5.32 Å². The van der Waals surface area contributed by atoms with Gasteiger partial charge in [0.05, 0.1) is 6.34 Å². The molecule has 0 saturated carbocycles. The molecular formula is C18H30N4O. The number of amides is 2. The number of nitrogens with one attached hydrogen (secondary N) is 1. The first-order chi connectivity index (χ1) is 11.2. The van der Waals surface area contributed by atoms with Gasteiger partial charge in [-0.1, -0.05) is 38.1 Å². The number of hydrogen-bond donors (Lipinski definition) is 1. The molecule has 1 aromatic rings. The summed E-state index contributed by atoms with van der Waals surface area (Å²) in [5.41, 5.74) is 2.86. The van der Waals surface area contributed by atoms with Crippen LogP contribution < -0.4 is 5.32 Å². The van der Waals surface area contributed by atoms with E-state index in [1.165, 1.54) is 11.1 Å². The molecule has 1 aliphatic rings. The van der Waals surface area contributed by atoms with E-state index in [-0.39, 0.29) is 6.03 Å². The van der Waals surface area contributed by atoms with E-state index in [2.05, 4.69) is 39.5 Å². The summed E-state index contributed by atoms with van der Waals surface area (Å²) in [5.74, 6) is 0. The van der Waals surface area contributed by atoms with Crippen molar-refractivity contribution in [1.29, 1.82) is 0 Å². The molecule has 0 saturated heterocycles. The lowest BCUT2D eigenvalue weighted by Gasteiger charge is -2.29. The van der Waals surface area contributed by atoms with Gasteiger partial charge >= 0.3 is 6.03 Å². The van der Waals surface area contributed by atoms with Crippen LogP contribution >= 0.6 is 0 Å². The van der Waals surface area contributed by atoms with E-state index in [0.717, 1.165) is 26.1 Å². The molecule has 1 N–H and O–H groups in total. The van der Waals surface area contributed by atoms with Crippen molar-refractivity contribution >= 4 is 12.4 Å². The number of fused-ring (bicyclic) bond motifs is 1. The van der Waals surface area contributed by atoms with Gasteiger partial charge in [-0.2, -0.15) is 0 Å². The summed E-state index contributed by atoms with van der Waals surface area (Å²) in [6.45, 7) is 10.1. The van der Waals surface area contributed by atoms with Crippen molar-refractivity contribution < 1.29 is 4.79 Å². The molecule has 0 aliphatic carbocycles. The summed E-state index contributed by atoms with van der Waals surface area (Å²) in [6, 6.07) is 8.51. The maximum Gasteiger partial charge on any atom is 0.322 e. The van der Waals surface area contributed by atoms with Crippen LogP contribution in [0.4, 0.5) is 4.79 Å². The number of carbonyl (C=O) groups is 1. The molecule has 2 rings (SSSR count). The van der Waals surface area contributed by atoms with Gasteiger partial charge in [0.25, 0.3) is 0 Å². The first-order valence-electron chi connectivity index (χ1n) is 8.50. The van der Waals surface area contributed by atoms with Crippen LogP contribution in [-0.2, 0) is 13.0 Å². The van der Waals surface area contributed by atoms with E-state index in [1.807, 2.05) is 20.8 Å². The third-order valence-corrected chi connectivity index (χ3v) is 3.77. The molecule has 1 aliphatic heterocycles. The summed E-state index contributed by atoms with van der Waals surface area (Å²) in [6.07, 6.45) is 2.65. The van der Waals surface area contributed by atoms with Crippen molar-refractivity contribution in [2.24, 2.45) is 4.99 Å². The molecule has 0 bridgehead atoms. The number of benzene rings is 1. The van der Waals surface area contributed by atoms with E-state index in [0.29, 0.717) is 13.1 Å². The van der Waals surface area contributed by atoms with E-state index >= 15 is 0 Å². The van der Waals surface area contributed by atoms with Gasteiger partial charge in [0, 0.05) is 39.8 Å². The van der Waals surface area contributed by atoms with Crippen molar-refractivity contribution in [3.63, 3.8) is 0 Å². The lowest BCUT2D eigenvalue weighted by Crippen LogP contribution is -2.43. The van der Waals surface area contributed by atoms with Crippen molar-refractivity contribution in [2.75, 3.05) is 33.2 Å². The van der Waals surface area contributed by atoms with Crippen LogP contribution in [0.2, 0.25) is 0 Å². The molecule has 128 valence electrons. The maximum atomic E-state index is 11.9. The summed E-state index contributed by atoms with van der Waals surface area (Å²) in [4.78, 5) is 19.7. The predicted octanol–water partition coefficient (Wildman–Crippen LogP) is 2.76. The molecular weight excluding hydrogens is 288 g/mol. The molecule has 0 radical (unpaired) electrons. The third kappa shape index (κ3) is 6.02. The Hall–Kier alpha value is -1.88. The average Bonchev–Trinajstić information content (AvgIpc) is 2.61. The Morgan fingerprint density at radius 3 is 2.70 bits per heavy atom. The highest BCUT2D eigenvalue weighted by atomic mass is 16.2. The first-order valence-corrected chi connectivity index (χ1v) is 8.50. The number of aliphatic imine (C=N–C) groups is 1. The third-order valence-electron chi connectivity index (χ3n) is 3.77. The zero-order valence-electron chi connectivity index (χ0n) is 14.9. The van der Waals surface area contributed by atoms with Gasteiger partial charge in [-0.15, -0.1) is 0 Å². The first kappa shape index (κ1) is 19.2. The van der Waals surface area contributed by atoms with E-state index < -0.39 is 0 Å². The second-order valence-corrected chi connectivity index (χ2v) is 5.19. The minimum atomic E-state index is -0.0829. The standard InChI is InChI=1S/C16H24N4O.C2H6/c1-3-20(13-17-2)16(21)18-9-11-19-10-8-14-6-4-5-7-15(14)12-19;1-2/h4-7,13H,3,8-12H2,1-2H3,(H,18,21);1-2H3. The Morgan fingerprint density at radius 2 is 2.04 bits per heavy atom. The zero-order chi connectivity index (χ0) is 17.1. The Labute approximate surface area is 140 Å². The Balaban J connectivity index is 0.00000127. The number of nitrogens with zero attached hydrogens (tertiary/aromatic N) is 3. The highest BCUT2D eigenvalue weighted by Gasteiger charge is 2.15. The molecule has 0 fully saturated rings. The summed E-state index contributed by atoms with van der Waals surface area (Å²) >= 11 is 0. The van der Waals surface area contributed by atoms with Crippen LogP contribution in [0.5, 0.6) is 0 Å². The number of rotatable bonds is 5. The average molecular weight is 318 g/mol. The minimum absolute atomic E-state index is 0.0829. The summed E-state index contributed by atoms with van der Waals surface area (Å²) in [5, 5.41) is 2.94.